The molecule has 0 radical (unpaired) electrons. The van der Waals surface area contributed by atoms with Gasteiger partial charge in [-0.2, -0.15) is 0 Å². The van der Waals surface area contributed by atoms with E-state index in [1.54, 1.807) is 11.3 Å². The summed E-state index contributed by atoms with van der Waals surface area (Å²) in [5.41, 5.74) is -0.363. The first-order valence-electron chi connectivity index (χ1n) is 9.01. The third kappa shape index (κ3) is 4.26. The molecule has 0 bridgehead atoms. The van der Waals surface area contributed by atoms with E-state index in [2.05, 4.69) is 16.3 Å². The maximum atomic E-state index is 12.8. The Morgan fingerprint density at radius 3 is 2.54 bits per heavy atom. The zero-order chi connectivity index (χ0) is 20.1. The van der Waals surface area contributed by atoms with Crippen LogP contribution >= 0.6 is 11.3 Å². The first kappa shape index (κ1) is 20.1. The van der Waals surface area contributed by atoms with Crippen molar-refractivity contribution in [3.8, 4) is 11.5 Å². The van der Waals surface area contributed by atoms with Gasteiger partial charge in [-0.25, -0.2) is 0 Å². The lowest BCUT2D eigenvalue weighted by Crippen LogP contribution is -2.36. The smallest absolute Gasteiger partial charge is 0.286 e. The number of nitro benzene ring substituents is 1. The van der Waals surface area contributed by atoms with Crippen molar-refractivity contribution in [1.82, 2.24) is 10.2 Å². The highest BCUT2D eigenvalue weighted by Gasteiger charge is 2.28. The van der Waals surface area contributed by atoms with Gasteiger partial charge in [-0.15, -0.1) is 11.3 Å². The standard InChI is InChI=1S/C19H23N3O5S/c1-26-16-10-13(14(22(24)25)11-17(16)27-2)19(23)20-12-15(18-6-5-9-28-18)21-7-3-4-8-21/h5-6,9-11,15H,3-4,7-8,12H2,1-2H3,(H,20,23). The molecule has 1 N–H and O–H groups in total. The fraction of sp³-hybridized carbons (Fsp3) is 0.421. The van der Waals surface area contributed by atoms with Crippen molar-refractivity contribution in [2.75, 3.05) is 33.9 Å². The highest BCUT2D eigenvalue weighted by atomic mass is 32.1. The molecule has 0 spiro atoms. The number of thiophene rings is 1. The molecule has 1 fully saturated rings. The SMILES string of the molecule is COc1cc(C(=O)NCC(c2cccs2)N2CCCC2)c([N+](=O)[O-])cc1OC. The monoisotopic (exact) mass is 405 g/mol. The molecule has 1 aromatic heterocycles. The number of nitrogens with zero attached hydrogens (tertiary/aromatic N) is 2. The van der Waals surface area contributed by atoms with E-state index in [0.717, 1.165) is 25.9 Å². The number of methoxy groups -OCH3 is 2. The molecule has 0 saturated carbocycles. The molecule has 2 aromatic rings. The van der Waals surface area contributed by atoms with Gasteiger partial charge < -0.3 is 14.8 Å². The van der Waals surface area contributed by atoms with E-state index in [-0.39, 0.29) is 28.8 Å². The predicted molar refractivity (Wildman–Crippen MR) is 106 cm³/mol. The van der Waals surface area contributed by atoms with Crippen molar-refractivity contribution in [1.29, 1.82) is 0 Å². The number of amides is 1. The Bertz CT molecular complexity index is 834. The van der Waals surface area contributed by atoms with E-state index in [9.17, 15) is 14.9 Å². The molecule has 1 aliphatic heterocycles. The second-order valence-corrected chi connectivity index (χ2v) is 7.45. The molecule has 1 saturated heterocycles. The van der Waals surface area contributed by atoms with E-state index in [0.29, 0.717) is 6.54 Å². The summed E-state index contributed by atoms with van der Waals surface area (Å²) >= 11 is 1.65. The molecule has 2 heterocycles. The lowest BCUT2D eigenvalue weighted by Gasteiger charge is -2.27. The zero-order valence-corrected chi connectivity index (χ0v) is 16.7. The molecule has 1 unspecified atom stereocenters. The van der Waals surface area contributed by atoms with E-state index in [1.807, 2.05) is 11.4 Å². The van der Waals surface area contributed by atoms with Crippen LogP contribution in [0.3, 0.4) is 0 Å². The number of nitrogens with one attached hydrogen (secondary N) is 1. The molecule has 0 aliphatic carbocycles. The van der Waals surface area contributed by atoms with Crippen LogP contribution in [-0.2, 0) is 0 Å². The molecular weight excluding hydrogens is 382 g/mol. The van der Waals surface area contributed by atoms with Gasteiger partial charge in [0.25, 0.3) is 11.6 Å². The Hall–Kier alpha value is -2.65. The molecule has 8 nitrogen and oxygen atoms in total. The number of hydrogen-bond acceptors (Lipinski definition) is 7. The van der Waals surface area contributed by atoms with Crippen molar-refractivity contribution in [3.05, 3.63) is 50.2 Å². The third-order valence-electron chi connectivity index (χ3n) is 4.85. The summed E-state index contributed by atoms with van der Waals surface area (Å²) in [5.74, 6) is -0.0275. The van der Waals surface area contributed by atoms with Crippen molar-refractivity contribution in [2.24, 2.45) is 0 Å². The van der Waals surface area contributed by atoms with Crippen molar-refractivity contribution >= 4 is 22.9 Å². The molecule has 3 rings (SSSR count). The summed E-state index contributed by atoms with van der Waals surface area (Å²) in [7, 11) is 2.81. The van der Waals surface area contributed by atoms with Gasteiger partial charge in [-0.1, -0.05) is 6.07 Å². The molecular formula is C19H23N3O5S. The molecule has 1 aliphatic rings. The van der Waals surface area contributed by atoms with Gasteiger partial charge in [0.2, 0.25) is 0 Å². The van der Waals surface area contributed by atoms with Crippen molar-refractivity contribution < 1.29 is 19.2 Å². The summed E-state index contributed by atoms with van der Waals surface area (Å²) in [4.78, 5) is 27.2. The van der Waals surface area contributed by atoms with Crippen LogP contribution in [0.2, 0.25) is 0 Å². The lowest BCUT2D eigenvalue weighted by atomic mass is 10.1. The summed E-state index contributed by atoms with van der Waals surface area (Å²) in [6.07, 6.45) is 2.27. The van der Waals surface area contributed by atoms with Crippen LogP contribution < -0.4 is 14.8 Å². The molecule has 9 heteroatoms. The largest absolute Gasteiger partial charge is 0.493 e. The third-order valence-corrected chi connectivity index (χ3v) is 5.83. The van der Waals surface area contributed by atoms with E-state index in [4.69, 9.17) is 9.47 Å². The van der Waals surface area contributed by atoms with Gasteiger partial charge in [0.05, 0.1) is 31.3 Å². The molecule has 1 aromatic carbocycles. The van der Waals surface area contributed by atoms with E-state index in [1.165, 1.54) is 31.2 Å². The number of carbonyl (C=O) groups is 1. The van der Waals surface area contributed by atoms with Gasteiger partial charge in [-0.3, -0.25) is 19.8 Å². The van der Waals surface area contributed by atoms with Gasteiger partial charge in [-0.05, 0) is 37.4 Å². The van der Waals surface area contributed by atoms with Crippen LogP contribution in [0, 0.1) is 10.1 Å². The first-order chi connectivity index (χ1) is 13.5. The Kier molecular flexibility index (Phi) is 6.48. The van der Waals surface area contributed by atoms with Gasteiger partial charge in [0.1, 0.15) is 5.56 Å². The number of hydrogen-bond donors (Lipinski definition) is 1. The van der Waals surface area contributed by atoms with Crippen LogP contribution in [0.25, 0.3) is 0 Å². The molecule has 150 valence electrons. The average Bonchev–Trinajstić information content (AvgIpc) is 3.41. The highest BCUT2D eigenvalue weighted by Crippen LogP contribution is 2.34. The van der Waals surface area contributed by atoms with Crippen LogP contribution in [0.15, 0.2) is 29.6 Å². The minimum absolute atomic E-state index is 0.0472. The molecule has 1 atom stereocenters. The molecule has 28 heavy (non-hydrogen) atoms. The molecule has 1 amide bonds. The van der Waals surface area contributed by atoms with Crippen molar-refractivity contribution in [3.63, 3.8) is 0 Å². The number of likely N-dealkylation sites (tertiary alicyclic amines) is 1. The normalized spacial score (nSPS) is 15.2. The van der Waals surface area contributed by atoms with Crippen molar-refractivity contribution in [2.45, 2.75) is 18.9 Å². The first-order valence-corrected chi connectivity index (χ1v) is 9.89. The van der Waals surface area contributed by atoms with Crippen LogP contribution in [0.5, 0.6) is 11.5 Å². The number of ether oxygens (including phenoxy) is 2. The Morgan fingerprint density at radius 2 is 1.96 bits per heavy atom. The fourth-order valence-electron chi connectivity index (χ4n) is 3.43. The lowest BCUT2D eigenvalue weighted by molar-refractivity contribution is -0.385. The maximum absolute atomic E-state index is 12.8. The zero-order valence-electron chi connectivity index (χ0n) is 15.8. The van der Waals surface area contributed by atoms with Crippen LogP contribution in [0.4, 0.5) is 5.69 Å². The van der Waals surface area contributed by atoms with E-state index >= 15 is 0 Å². The summed E-state index contributed by atoms with van der Waals surface area (Å²) < 4.78 is 10.3. The predicted octanol–water partition coefficient (Wildman–Crippen LogP) is 3.24. The summed E-state index contributed by atoms with van der Waals surface area (Å²) in [6.45, 7) is 2.34. The number of benzene rings is 1. The quantitative estimate of drug-likeness (QED) is 0.535. The Labute approximate surface area is 167 Å². The Balaban J connectivity index is 1.82. The number of nitro groups is 1. The highest BCUT2D eigenvalue weighted by molar-refractivity contribution is 7.10. The second kappa shape index (κ2) is 9.03. The minimum atomic E-state index is -0.589. The van der Waals surface area contributed by atoms with E-state index < -0.39 is 10.8 Å². The second-order valence-electron chi connectivity index (χ2n) is 6.47. The fourth-order valence-corrected chi connectivity index (χ4v) is 4.29. The van der Waals surface area contributed by atoms with Gasteiger partial charge in [0, 0.05) is 17.5 Å². The average molecular weight is 405 g/mol. The van der Waals surface area contributed by atoms with Gasteiger partial charge in [0.15, 0.2) is 11.5 Å². The number of rotatable bonds is 8. The topological polar surface area (TPSA) is 93.9 Å². The Morgan fingerprint density at radius 1 is 1.29 bits per heavy atom. The van der Waals surface area contributed by atoms with Crippen LogP contribution in [0.1, 0.15) is 34.1 Å². The number of carbonyl (C=O) groups excluding carboxylic acids is 1. The van der Waals surface area contributed by atoms with Crippen LogP contribution in [-0.4, -0.2) is 49.6 Å². The summed E-state index contributed by atoms with van der Waals surface area (Å²) in [5, 5.41) is 16.3. The minimum Gasteiger partial charge on any atom is -0.493 e. The summed E-state index contributed by atoms with van der Waals surface area (Å²) in [6, 6.07) is 6.67. The maximum Gasteiger partial charge on any atom is 0.286 e. The van der Waals surface area contributed by atoms with Gasteiger partial charge >= 0.3 is 0 Å².